The van der Waals surface area contributed by atoms with Gasteiger partial charge < -0.3 is 36.0 Å². The fourth-order valence-electron chi connectivity index (χ4n) is 1.44. The van der Waals surface area contributed by atoms with Gasteiger partial charge in [-0.2, -0.15) is 0 Å². The number of hydrogen-bond donors (Lipinski definition) is 5. The van der Waals surface area contributed by atoms with Crippen molar-refractivity contribution in [3.05, 3.63) is 35.9 Å². The molecule has 0 spiro atoms. The number of carboxylic acids is 1. The molecule has 0 bridgehead atoms. The van der Waals surface area contributed by atoms with E-state index in [2.05, 4.69) is 5.32 Å². The van der Waals surface area contributed by atoms with Crippen LogP contribution in [0.25, 0.3) is 0 Å². The van der Waals surface area contributed by atoms with Crippen LogP contribution in [0.1, 0.15) is 5.56 Å². The number of nitrogens with one attached hydrogen (secondary N) is 1. The summed E-state index contributed by atoms with van der Waals surface area (Å²) >= 11 is 0. The highest BCUT2D eigenvalue weighted by molar-refractivity contribution is 5.80. The maximum absolute atomic E-state index is 11.1. The zero-order valence-corrected chi connectivity index (χ0v) is 14.7. The number of rotatable bonds is 7. The number of nitrogens with zero attached hydrogens (tertiary/aromatic N) is 1. The fourth-order valence-corrected chi connectivity index (χ4v) is 1.44. The molecule has 0 radical (unpaired) electrons. The normalized spacial score (nSPS) is 12.0. The van der Waals surface area contributed by atoms with Gasteiger partial charge in [-0.3, -0.25) is 4.79 Å². The lowest BCUT2D eigenvalue weighted by atomic mass is 10.2. The first kappa shape index (κ1) is 23.3. The Hall–Kier alpha value is -2.69. The van der Waals surface area contributed by atoms with E-state index in [1.54, 1.807) is 26.2 Å². The van der Waals surface area contributed by atoms with Crippen molar-refractivity contribution in [1.82, 2.24) is 10.2 Å². The second kappa shape index (κ2) is 12.6. The van der Waals surface area contributed by atoms with Crippen LogP contribution in [0.2, 0.25) is 0 Å². The standard InChI is InChI=1S/C11H13NO5.C5H12N2O2/c13-9(10(14)15)6-12-11(16)17-7-8-4-2-1-3-5-8;1-7(2)5(9)4(8)3-6/h1-5,9,13H,6-7H2,(H,12,16)(H,14,15);4,8H,3,6H2,1-2H3/t9-;4-/m00/s1. The number of carbonyl (C=O) groups is 3. The van der Waals surface area contributed by atoms with Crippen LogP contribution in [0.15, 0.2) is 30.3 Å². The Kier molecular flexibility index (Phi) is 11.3. The Morgan fingerprint density at radius 3 is 2.15 bits per heavy atom. The van der Waals surface area contributed by atoms with Crippen LogP contribution in [0, 0.1) is 0 Å². The Balaban J connectivity index is 0.000000590. The second-order valence-corrected chi connectivity index (χ2v) is 5.28. The molecule has 0 aliphatic heterocycles. The number of alkyl carbamates (subject to hydrolysis) is 1. The van der Waals surface area contributed by atoms with Gasteiger partial charge >= 0.3 is 12.1 Å². The zero-order chi connectivity index (χ0) is 20.1. The minimum atomic E-state index is -1.63. The lowest BCUT2D eigenvalue weighted by Gasteiger charge is -2.13. The summed E-state index contributed by atoms with van der Waals surface area (Å²) in [6.45, 7) is -0.310. The number of hydrogen-bond acceptors (Lipinski definition) is 7. The molecule has 0 heterocycles. The number of likely N-dealkylation sites (N-methyl/N-ethyl adjacent to an activating group) is 1. The van der Waals surface area contributed by atoms with Crippen molar-refractivity contribution in [2.24, 2.45) is 5.73 Å². The van der Waals surface area contributed by atoms with Gasteiger partial charge in [-0.15, -0.1) is 0 Å². The minimum Gasteiger partial charge on any atom is -0.479 e. The molecule has 10 nitrogen and oxygen atoms in total. The Labute approximate surface area is 151 Å². The molecule has 0 saturated carbocycles. The van der Waals surface area contributed by atoms with Gasteiger partial charge in [0.25, 0.3) is 5.91 Å². The van der Waals surface area contributed by atoms with Crippen molar-refractivity contribution in [3.63, 3.8) is 0 Å². The molecule has 2 atom stereocenters. The molecule has 146 valence electrons. The topological polar surface area (TPSA) is 162 Å². The third-order valence-corrected chi connectivity index (χ3v) is 2.89. The van der Waals surface area contributed by atoms with Gasteiger partial charge in [0.15, 0.2) is 6.10 Å². The molecule has 0 aliphatic carbocycles. The molecule has 2 amide bonds. The molecule has 10 heteroatoms. The van der Waals surface area contributed by atoms with Crippen LogP contribution >= 0.6 is 0 Å². The van der Waals surface area contributed by atoms with Crippen molar-refractivity contribution >= 4 is 18.0 Å². The highest BCUT2D eigenvalue weighted by Gasteiger charge is 2.14. The van der Waals surface area contributed by atoms with Crippen LogP contribution in [-0.2, 0) is 20.9 Å². The second-order valence-electron chi connectivity index (χ2n) is 5.28. The van der Waals surface area contributed by atoms with E-state index < -0.39 is 24.3 Å². The predicted octanol–water partition coefficient (Wildman–Crippen LogP) is -1.25. The summed E-state index contributed by atoms with van der Waals surface area (Å²) < 4.78 is 4.80. The first-order valence-corrected chi connectivity index (χ1v) is 7.63. The van der Waals surface area contributed by atoms with E-state index >= 15 is 0 Å². The van der Waals surface area contributed by atoms with Crippen molar-refractivity contribution in [1.29, 1.82) is 0 Å². The number of ether oxygens (including phenoxy) is 1. The molecule has 0 saturated heterocycles. The van der Waals surface area contributed by atoms with E-state index in [1.807, 2.05) is 18.2 Å². The molecule has 6 N–H and O–H groups in total. The molecule has 1 aromatic rings. The molecule has 26 heavy (non-hydrogen) atoms. The Morgan fingerprint density at radius 1 is 1.15 bits per heavy atom. The van der Waals surface area contributed by atoms with E-state index in [1.165, 1.54) is 4.90 Å². The summed E-state index contributed by atoms with van der Waals surface area (Å²) in [6.07, 6.45) is -3.44. The zero-order valence-electron chi connectivity index (χ0n) is 14.7. The van der Waals surface area contributed by atoms with Gasteiger partial charge in [0.2, 0.25) is 0 Å². The highest BCUT2D eigenvalue weighted by atomic mass is 16.5. The van der Waals surface area contributed by atoms with E-state index in [9.17, 15) is 14.4 Å². The quantitative estimate of drug-likeness (QED) is 0.397. The Morgan fingerprint density at radius 2 is 1.73 bits per heavy atom. The monoisotopic (exact) mass is 371 g/mol. The molecule has 0 aromatic heterocycles. The number of amides is 2. The maximum atomic E-state index is 11.1. The van der Waals surface area contributed by atoms with Crippen molar-refractivity contribution in [2.75, 3.05) is 27.2 Å². The molecule has 1 rings (SSSR count). The lowest BCUT2D eigenvalue weighted by Crippen LogP contribution is -2.38. The summed E-state index contributed by atoms with van der Waals surface area (Å²) in [5, 5.41) is 28.2. The van der Waals surface area contributed by atoms with Gasteiger partial charge in [-0.1, -0.05) is 30.3 Å². The SMILES string of the molecule is CN(C)C(=O)[C@@H](O)CN.O=C(NC[C@H](O)C(=O)O)OCc1ccccc1. The average molecular weight is 371 g/mol. The van der Waals surface area contributed by atoms with Gasteiger partial charge in [0.1, 0.15) is 12.7 Å². The highest BCUT2D eigenvalue weighted by Crippen LogP contribution is 2.00. The Bertz CT molecular complexity index is 566. The molecule has 0 aliphatic rings. The lowest BCUT2D eigenvalue weighted by molar-refractivity contribution is -0.146. The number of aliphatic hydroxyl groups excluding tert-OH is 2. The van der Waals surface area contributed by atoms with Gasteiger partial charge in [0, 0.05) is 20.6 Å². The van der Waals surface area contributed by atoms with E-state index in [0.29, 0.717) is 0 Å². The van der Waals surface area contributed by atoms with Crippen LogP contribution in [0.3, 0.4) is 0 Å². The smallest absolute Gasteiger partial charge is 0.407 e. The predicted molar refractivity (Wildman–Crippen MR) is 92.0 cm³/mol. The van der Waals surface area contributed by atoms with Gasteiger partial charge in [0.05, 0.1) is 6.54 Å². The van der Waals surface area contributed by atoms with Crippen molar-refractivity contribution in [3.8, 4) is 0 Å². The third kappa shape index (κ3) is 10.2. The van der Waals surface area contributed by atoms with Crippen molar-refractivity contribution in [2.45, 2.75) is 18.8 Å². The summed E-state index contributed by atoms with van der Waals surface area (Å²) in [4.78, 5) is 33.3. The van der Waals surface area contributed by atoms with Crippen molar-refractivity contribution < 1.29 is 34.4 Å². The number of nitrogens with two attached hydrogens (primary N) is 1. The molecule has 0 fully saturated rings. The van der Waals surface area contributed by atoms with Gasteiger partial charge in [-0.05, 0) is 5.56 Å². The minimum absolute atomic E-state index is 0.0169. The molecule has 0 unspecified atom stereocenters. The number of aliphatic carboxylic acids is 1. The summed E-state index contributed by atoms with van der Waals surface area (Å²) in [5.41, 5.74) is 5.83. The van der Waals surface area contributed by atoms with Gasteiger partial charge in [-0.25, -0.2) is 9.59 Å². The number of carboxylic acid groups (broad SMARTS) is 1. The average Bonchev–Trinajstić information content (AvgIpc) is 2.64. The first-order chi connectivity index (χ1) is 12.2. The van der Waals surface area contributed by atoms with Crippen LogP contribution in [0.5, 0.6) is 0 Å². The number of carbonyl (C=O) groups excluding carboxylic acids is 2. The largest absolute Gasteiger partial charge is 0.479 e. The molecular weight excluding hydrogens is 346 g/mol. The van der Waals surface area contributed by atoms with E-state index in [4.69, 9.17) is 25.8 Å². The maximum Gasteiger partial charge on any atom is 0.407 e. The molecule has 1 aromatic carbocycles. The van der Waals surface area contributed by atoms with Crippen LogP contribution in [0.4, 0.5) is 4.79 Å². The van der Waals surface area contributed by atoms with E-state index in [0.717, 1.165) is 5.56 Å². The fraction of sp³-hybridized carbons (Fsp3) is 0.438. The number of aliphatic hydroxyl groups is 2. The number of benzene rings is 1. The summed E-state index contributed by atoms with van der Waals surface area (Å²) in [5.74, 6) is -1.74. The van der Waals surface area contributed by atoms with Crippen LogP contribution in [-0.4, -0.2) is 77.6 Å². The third-order valence-electron chi connectivity index (χ3n) is 2.89. The summed E-state index contributed by atoms with van der Waals surface area (Å²) in [7, 11) is 3.14. The summed E-state index contributed by atoms with van der Waals surface area (Å²) in [6, 6.07) is 9.04. The van der Waals surface area contributed by atoms with Crippen LogP contribution < -0.4 is 11.1 Å². The molecular formula is C16H25N3O7. The first-order valence-electron chi connectivity index (χ1n) is 7.63. The van der Waals surface area contributed by atoms with E-state index in [-0.39, 0.29) is 25.6 Å².